The summed E-state index contributed by atoms with van der Waals surface area (Å²) in [5.41, 5.74) is -2.79. The van der Waals surface area contributed by atoms with Gasteiger partial charge in [-0.05, 0) is 130 Å². The summed E-state index contributed by atoms with van der Waals surface area (Å²) >= 11 is 0. The van der Waals surface area contributed by atoms with Crippen LogP contribution in [0.1, 0.15) is 119 Å². The second-order valence-corrected chi connectivity index (χ2v) is 23.4. The topological polar surface area (TPSA) is 262 Å². The number of cyclic esters (lactones) is 1. The lowest BCUT2D eigenvalue weighted by atomic mass is 9.68. The van der Waals surface area contributed by atoms with E-state index < -0.39 is 106 Å². The van der Waals surface area contributed by atoms with Gasteiger partial charge in [0.25, 0.3) is 0 Å². The van der Waals surface area contributed by atoms with E-state index in [1.54, 1.807) is 51.4 Å². The number of aliphatic hydroxyl groups excluding tert-OH is 3. The monoisotopic (exact) mass is 1010 g/mol. The maximum absolute atomic E-state index is 14.6. The molecule has 4 heterocycles. The fraction of sp³-hybridized carbons (Fsp3) is 0.820. The van der Waals surface area contributed by atoms with Gasteiger partial charge in [0.15, 0.2) is 6.29 Å². The molecule has 20 heteroatoms. The Morgan fingerprint density at radius 1 is 0.971 bits per heavy atom. The molecule has 19 nitrogen and oxygen atoms in total. The van der Waals surface area contributed by atoms with Crippen molar-refractivity contribution in [1.82, 2.24) is 24.8 Å². The molecule has 2 aromatic rings. The van der Waals surface area contributed by atoms with E-state index in [9.17, 15) is 38.7 Å². The molecule has 0 saturated carbocycles. The molecule has 18 atom stereocenters. The Morgan fingerprint density at radius 3 is 2.24 bits per heavy atom. The van der Waals surface area contributed by atoms with E-state index in [-0.39, 0.29) is 42.2 Å². The zero-order valence-corrected chi connectivity index (χ0v) is 44.7. The molecule has 0 aliphatic carbocycles. The number of ether oxygens (including phenoxy) is 5. The number of rotatable bonds is 14. The average Bonchev–Trinajstić information content (AvgIpc) is 3.73. The van der Waals surface area contributed by atoms with Gasteiger partial charge in [-0.3, -0.25) is 4.79 Å². The number of aryl methyl sites for hydroxylation is 1. The number of hydrogen-bond donors (Lipinski definition) is 6. The molecule has 0 radical (unpaired) electrons. The number of hydrogen-bond acceptors (Lipinski definition) is 17. The number of methoxy groups -OCH3 is 1. The summed E-state index contributed by atoms with van der Waals surface area (Å²) in [6.07, 6.45) is -3.16. The highest BCUT2D eigenvalue weighted by Gasteiger charge is 2.55. The molecule has 3 fully saturated rings. The number of carbonyl (C=O) groups is 1. The van der Waals surface area contributed by atoms with Gasteiger partial charge in [-0.15, -0.1) is 5.10 Å². The number of sulfonamides is 1. The number of aromatic nitrogens is 3. The lowest BCUT2D eigenvalue weighted by Gasteiger charge is -2.51. The minimum Gasteiger partial charge on any atom is -0.459 e. The van der Waals surface area contributed by atoms with Crippen molar-refractivity contribution in [3.05, 3.63) is 41.7 Å². The summed E-state index contributed by atoms with van der Waals surface area (Å²) in [6, 6.07) is 5.39. The zero-order chi connectivity index (χ0) is 52.3. The van der Waals surface area contributed by atoms with Gasteiger partial charge >= 0.3 is 5.97 Å². The van der Waals surface area contributed by atoms with E-state index in [0.717, 1.165) is 24.1 Å². The van der Waals surface area contributed by atoms with Gasteiger partial charge in [0.05, 0.1) is 58.7 Å². The summed E-state index contributed by atoms with van der Waals surface area (Å²) < 4.78 is 57.1. The van der Waals surface area contributed by atoms with Gasteiger partial charge in [-0.2, -0.15) is 0 Å². The third-order valence-corrected chi connectivity index (χ3v) is 16.8. The average molecular weight is 1010 g/mol. The summed E-state index contributed by atoms with van der Waals surface area (Å²) in [6.45, 7) is 19.4. The molecule has 0 spiro atoms. The van der Waals surface area contributed by atoms with Crippen molar-refractivity contribution in [3.8, 4) is 0 Å². The van der Waals surface area contributed by atoms with E-state index in [1.165, 1.54) is 26.2 Å². The summed E-state index contributed by atoms with van der Waals surface area (Å²) in [4.78, 5) is 18.7. The van der Waals surface area contributed by atoms with Crippen LogP contribution in [0.3, 0.4) is 0 Å². The van der Waals surface area contributed by atoms with Crippen LogP contribution in [0.2, 0.25) is 0 Å². The standard InChI is InChI=1S/C50H86N6O13S/c1-14-40-50(10,62)43(58)33(6)55(12)26-29(2)24-48(8,61)45(31(4)41(32(5)46(60)68-40)39-25-49(9,65-13)44(59)34(7)67-39)69-47-42(57)38(23-30(3)66-47)54(11)22-16-15-17-36-28-56(53-52-36)27-35-18-20-37(21-19-35)70(51,63)64/h18-21,28-34,38-45,47,57-59,61-62H,14-17,22-27H2,1-13H3,(H2,51,63,64)/t29-,30-,31+,32-,33-,34+,38+,39-,40-,41?,42-,43-,44+,45-,47+,48-,49-,50-/m1/s1. The molecule has 1 aromatic carbocycles. The van der Waals surface area contributed by atoms with Crippen molar-refractivity contribution in [3.63, 3.8) is 0 Å². The Hall–Kier alpha value is -2.70. The summed E-state index contributed by atoms with van der Waals surface area (Å²) in [7, 11) is 1.56. The third kappa shape index (κ3) is 13.7. The van der Waals surface area contributed by atoms with Crippen molar-refractivity contribution < 1.29 is 62.4 Å². The second-order valence-electron chi connectivity index (χ2n) is 21.8. The van der Waals surface area contributed by atoms with Crippen LogP contribution in [0.5, 0.6) is 0 Å². The molecule has 0 bridgehead atoms. The normalized spacial score (nSPS) is 40.1. The first kappa shape index (κ1) is 58.2. The first-order valence-corrected chi connectivity index (χ1v) is 26.7. The number of carbonyl (C=O) groups excluding carboxylic acids is 1. The maximum Gasteiger partial charge on any atom is 0.309 e. The van der Waals surface area contributed by atoms with E-state index in [1.807, 2.05) is 52.9 Å². The summed E-state index contributed by atoms with van der Waals surface area (Å²) in [5, 5.41) is 73.8. The van der Waals surface area contributed by atoms with Crippen LogP contribution in [0, 0.1) is 23.7 Å². The molecule has 5 rings (SSSR count). The van der Waals surface area contributed by atoms with E-state index in [0.29, 0.717) is 32.5 Å². The minimum atomic E-state index is -3.78. The maximum atomic E-state index is 14.6. The van der Waals surface area contributed by atoms with Crippen LogP contribution >= 0.6 is 0 Å². The van der Waals surface area contributed by atoms with Crippen molar-refractivity contribution in [1.29, 1.82) is 0 Å². The highest BCUT2D eigenvalue weighted by Crippen LogP contribution is 2.45. The molecule has 3 aliphatic rings. The highest BCUT2D eigenvalue weighted by molar-refractivity contribution is 7.89. The molecular weight excluding hydrogens is 925 g/mol. The Morgan fingerprint density at radius 2 is 1.63 bits per heavy atom. The number of aliphatic hydroxyl groups is 5. The van der Waals surface area contributed by atoms with Crippen molar-refractivity contribution in [2.45, 2.75) is 210 Å². The fourth-order valence-corrected chi connectivity index (χ4v) is 12.1. The van der Waals surface area contributed by atoms with Gasteiger partial charge in [0.2, 0.25) is 10.0 Å². The number of primary sulfonamides is 1. The quantitative estimate of drug-likeness (QED) is 0.117. The smallest absolute Gasteiger partial charge is 0.309 e. The van der Waals surface area contributed by atoms with Crippen LogP contribution < -0.4 is 5.14 Å². The second kappa shape index (κ2) is 23.7. The molecule has 0 amide bonds. The molecule has 3 saturated heterocycles. The number of benzene rings is 1. The van der Waals surface area contributed by atoms with Gasteiger partial charge in [0, 0.05) is 44.3 Å². The van der Waals surface area contributed by atoms with Gasteiger partial charge in [-0.1, -0.05) is 45.0 Å². The van der Waals surface area contributed by atoms with Gasteiger partial charge in [-0.25, -0.2) is 18.2 Å². The van der Waals surface area contributed by atoms with Gasteiger partial charge in [0.1, 0.15) is 30.0 Å². The first-order valence-electron chi connectivity index (χ1n) is 25.2. The number of nitrogens with two attached hydrogens (primary N) is 1. The van der Waals surface area contributed by atoms with Crippen LogP contribution in [-0.4, -0.2) is 183 Å². The molecule has 3 aliphatic heterocycles. The lowest BCUT2D eigenvalue weighted by Crippen LogP contribution is -2.62. The Labute approximate surface area is 416 Å². The molecule has 1 aromatic heterocycles. The number of nitrogens with zero attached hydrogens (tertiary/aromatic N) is 5. The zero-order valence-electron chi connectivity index (χ0n) is 43.8. The Bertz CT molecular complexity index is 2100. The number of esters is 1. The lowest BCUT2D eigenvalue weighted by molar-refractivity contribution is -0.303. The first-order chi connectivity index (χ1) is 32.5. The van der Waals surface area contributed by atoms with Crippen LogP contribution in [0.4, 0.5) is 0 Å². The third-order valence-electron chi connectivity index (χ3n) is 15.8. The van der Waals surface area contributed by atoms with E-state index in [4.69, 9.17) is 28.8 Å². The fourth-order valence-electron chi connectivity index (χ4n) is 11.5. The van der Waals surface area contributed by atoms with Crippen LogP contribution in [0.25, 0.3) is 0 Å². The van der Waals surface area contributed by atoms with Crippen molar-refractivity contribution in [2.75, 3.05) is 34.3 Å². The van der Waals surface area contributed by atoms with E-state index >= 15 is 0 Å². The number of unbranched alkanes of at least 4 members (excludes halogenated alkanes) is 1. The molecule has 7 N–H and O–H groups in total. The number of likely N-dealkylation sites (N-methyl/N-ethyl adjacent to an activating group) is 2. The van der Waals surface area contributed by atoms with Crippen molar-refractivity contribution >= 4 is 16.0 Å². The predicted octanol–water partition coefficient (Wildman–Crippen LogP) is 2.85. The Balaban J connectivity index is 1.39. The molecule has 70 heavy (non-hydrogen) atoms. The minimum absolute atomic E-state index is 0.0433. The largest absolute Gasteiger partial charge is 0.459 e. The predicted molar refractivity (Wildman–Crippen MR) is 262 cm³/mol. The molecule has 400 valence electrons. The van der Waals surface area contributed by atoms with Crippen LogP contribution in [0.15, 0.2) is 35.4 Å². The molecule has 1 unspecified atom stereocenters. The van der Waals surface area contributed by atoms with Gasteiger partial charge < -0.3 is 59.0 Å². The van der Waals surface area contributed by atoms with Crippen LogP contribution in [-0.2, 0) is 51.5 Å². The summed E-state index contributed by atoms with van der Waals surface area (Å²) in [5.74, 6) is -3.14. The SMILES string of the molecule is CC[C@H]1OC(=O)[C@H](C)C([C@H]2C[C@@](C)(OC)[C@@H](O)[C@H](C)O2)[C@H](C)[C@@H](O[C@@H]2O[C@H](C)C[C@H](N(C)CCCCc3cn(Cc4ccc(S(N)(=O)=O)cc4)nn3)[C@H]2O)[C@](C)(O)C[C@@H](C)CN(C)[C@H](C)[C@@H](O)[C@]1(C)O. The molecular formula is C50H86N6O13S. The Kier molecular flexibility index (Phi) is 19.7. The highest BCUT2D eigenvalue weighted by atomic mass is 32.2. The van der Waals surface area contributed by atoms with E-state index in [2.05, 4.69) is 15.2 Å². The van der Waals surface area contributed by atoms with Crippen molar-refractivity contribution in [2.24, 2.45) is 28.8 Å².